The van der Waals surface area contributed by atoms with Gasteiger partial charge in [0.2, 0.25) is 0 Å². The topological polar surface area (TPSA) is 46.3 Å². The van der Waals surface area contributed by atoms with Gasteiger partial charge in [0.05, 0.1) is 5.56 Å². The Morgan fingerprint density at radius 1 is 1.44 bits per heavy atom. The van der Waals surface area contributed by atoms with Crippen molar-refractivity contribution in [3.05, 3.63) is 35.2 Å². The molecule has 2 aromatic rings. The van der Waals surface area contributed by atoms with Gasteiger partial charge in [0.15, 0.2) is 0 Å². The number of fused-ring (bicyclic) bond motifs is 1. The number of rotatable bonds is 4. The molecule has 0 bridgehead atoms. The summed E-state index contributed by atoms with van der Waals surface area (Å²) in [5.41, 5.74) is 6.39. The molecule has 0 saturated carbocycles. The third-order valence-electron chi connectivity index (χ3n) is 3.05. The Hall–Kier alpha value is -1.39. The number of carbonyl (C=O) groups is 1. The molecule has 0 saturated heterocycles. The number of hydrogen-bond donors (Lipinski definition) is 1. The van der Waals surface area contributed by atoms with Crippen molar-refractivity contribution in [1.82, 2.24) is 4.90 Å². The molecule has 2 N–H and O–H groups in total. The van der Waals surface area contributed by atoms with Crippen LogP contribution in [0.25, 0.3) is 10.1 Å². The molecule has 1 atom stereocenters. The molecule has 0 aliphatic carbocycles. The average Bonchev–Trinajstić information content (AvgIpc) is 2.81. The lowest BCUT2D eigenvalue weighted by molar-refractivity contribution is 0.0780. The summed E-state index contributed by atoms with van der Waals surface area (Å²) in [4.78, 5) is 14.1. The number of nitrogens with two attached hydrogens (primary N) is 1. The summed E-state index contributed by atoms with van der Waals surface area (Å²) >= 11 is 1.61. The first-order valence-corrected chi connectivity index (χ1v) is 6.93. The highest BCUT2D eigenvalue weighted by molar-refractivity contribution is 7.17. The van der Waals surface area contributed by atoms with Crippen molar-refractivity contribution < 1.29 is 4.79 Å². The number of benzene rings is 1. The highest BCUT2D eigenvalue weighted by Crippen LogP contribution is 2.26. The van der Waals surface area contributed by atoms with E-state index in [0.717, 1.165) is 15.6 Å². The SMILES string of the molecule is CC(CN)CN(C)C(=O)c1csc2ccccc12. The number of nitrogens with zero attached hydrogens (tertiary/aromatic N) is 1. The van der Waals surface area contributed by atoms with E-state index >= 15 is 0 Å². The van der Waals surface area contributed by atoms with Crippen molar-refractivity contribution in [1.29, 1.82) is 0 Å². The highest BCUT2D eigenvalue weighted by Gasteiger charge is 2.17. The summed E-state index contributed by atoms with van der Waals surface area (Å²) in [6.45, 7) is 3.34. The van der Waals surface area contributed by atoms with Crippen LogP contribution in [-0.4, -0.2) is 30.9 Å². The fourth-order valence-electron chi connectivity index (χ4n) is 1.97. The molecule has 0 aliphatic rings. The fraction of sp³-hybridized carbons (Fsp3) is 0.357. The minimum Gasteiger partial charge on any atom is -0.341 e. The Bertz CT molecular complexity index is 549. The van der Waals surface area contributed by atoms with Crippen LogP contribution in [0.2, 0.25) is 0 Å². The largest absolute Gasteiger partial charge is 0.341 e. The molecular formula is C14H18N2OS. The van der Waals surface area contributed by atoms with Gasteiger partial charge in [0, 0.05) is 29.1 Å². The predicted molar refractivity (Wildman–Crippen MR) is 77.0 cm³/mol. The third kappa shape index (κ3) is 2.54. The number of amides is 1. The second-order valence-electron chi connectivity index (χ2n) is 4.67. The van der Waals surface area contributed by atoms with Crippen molar-refractivity contribution in [2.24, 2.45) is 11.7 Å². The summed E-state index contributed by atoms with van der Waals surface area (Å²) in [5, 5.41) is 2.98. The van der Waals surface area contributed by atoms with E-state index in [9.17, 15) is 4.79 Å². The molecule has 18 heavy (non-hydrogen) atoms. The Kier molecular flexibility index (Phi) is 3.99. The van der Waals surface area contributed by atoms with Crippen molar-refractivity contribution >= 4 is 27.3 Å². The van der Waals surface area contributed by atoms with Gasteiger partial charge in [0.25, 0.3) is 5.91 Å². The van der Waals surface area contributed by atoms with E-state index in [4.69, 9.17) is 5.73 Å². The van der Waals surface area contributed by atoms with Crippen molar-refractivity contribution in [3.63, 3.8) is 0 Å². The number of carbonyl (C=O) groups excluding carboxylic acids is 1. The maximum Gasteiger partial charge on any atom is 0.255 e. The summed E-state index contributed by atoms with van der Waals surface area (Å²) in [6, 6.07) is 8.00. The van der Waals surface area contributed by atoms with Crippen LogP contribution < -0.4 is 5.73 Å². The molecule has 96 valence electrons. The highest BCUT2D eigenvalue weighted by atomic mass is 32.1. The summed E-state index contributed by atoms with van der Waals surface area (Å²) in [7, 11) is 1.83. The Morgan fingerprint density at radius 2 is 2.17 bits per heavy atom. The zero-order chi connectivity index (χ0) is 13.1. The van der Waals surface area contributed by atoms with Crippen LogP contribution in [0.1, 0.15) is 17.3 Å². The van der Waals surface area contributed by atoms with Crippen LogP contribution in [0.5, 0.6) is 0 Å². The number of hydrogen-bond acceptors (Lipinski definition) is 3. The first-order chi connectivity index (χ1) is 8.63. The molecular weight excluding hydrogens is 244 g/mol. The maximum absolute atomic E-state index is 12.4. The van der Waals surface area contributed by atoms with Gasteiger partial charge in [-0.25, -0.2) is 0 Å². The van der Waals surface area contributed by atoms with Crippen LogP contribution in [0.15, 0.2) is 29.6 Å². The molecule has 1 heterocycles. The average molecular weight is 262 g/mol. The molecule has 0 radical (unpaired) electrons. The van der Waals surface area contributed by atoms with Gasteiger partial charge in [-0.2, -0.15) is 0 Å². The van der Waals surface area contributed by atoms with E-state index in [1.807, 2.05) is 36.7 Å². The van der Waals surface area contributed by atoms with E-state index in [2.05, 4.69) is 6.92 Å². The van der Waals surface area contributed by atoms with Crippen molar-refractivity contribution in [3.8, 4) is 0 Å². The summed E-state index contributed by atoms with van der Waals surface area (Å²) in [5.74, 6) is 0.400. The van der Waals surface area contributed by atoms with E-state index in [1.54, 1.807) is 16.2 Å². The number of thiophene rings is 1. The van der Waals surface area contributed by atoms with Crippen LogP contribution in [0.4, 0.5) is 0 Å². The minimum atomic E-state index is 0.0766. The predicted octanol–water partition coefficient (Wildman–Crippen LogP) is 2.57. The van der Waals surface area contributed by atoms with E-state index < -0.39 is 0 Å². The van der Waals surface area contributed by atoms with E-state index in [0.29, 0.717) is 19.0 Å². The molecule has 4 heteroatoms. The molecule has 3 nitrogen and oxygen atoms in total. The molecule has 1 aromatic heterocycles. The Balaban J connectivity index is 2.23. The van der Waals surface area contributed by atoms with Gasteiger partial charge < -0.3 is 10.6 Å². The first kappa shape index (κ1) is 13.1. The van der Waals surface area contributed by atoms with Gasteiger partial charge in [-0.1, -0.05) is 25.1 Å². The third-order valence-corrected chi connectivity index (χ3v) is 4.01. The lowest BCUT2D eigenvalue weighted by atomic mass is 10.1. The fourth-order valence-corrected chi connectivity index (χ4v) is 2.91. The first-order valence-electron chi connectivity index (χ1n) is 6.05. The smallest absolute Gasteiger partial charge is 0.255 e. The monoisotopic (exact) mass is 262 g/mol. The van der Waals surface area contributed by atoms with E-state index in [-0.39, 0.29) is 5.91 Å². The molecule has 1 aromatic carbocycles. The molecule has 2 rings (SSSR count). The minimum absolute atomic E-state index is 0.0766. The second-order valence-corrected chi connectivity index (χ2v) is 5.58. The van der Waals surface area contributed by atoms with Crippen molar-refractivity contribution in [2.45, 2.75) is 6.92 Å². The zero-order valence-electron chi connectivity index (χ0n) is 10.7. The summed E-state index contributed by atoms with van der Waals surface area (Å²) < 4.78 is 1.15. The van der Waals surface area contributed by atoms with Crippen LogP contribution in [-0.2, 0) is 0 Å². The molecule has 1 unspecified atom stereocenters. The summed E-state index contributed by atoms with van der Waals surface area (Å²) in [6.07, 6.45) is 0. The van der Waals surface area contributed by atoms with E-state index in [1.165, 1.54) is 0 Å². The van der Waals surface area contributed by atoms with Gasteiger partial charge in [-0.3, -0.25) is 4.79 Å². The lowest BCUT2D eigenvalue weighted by Gasteiger charge is -2.20. The molecule has 1 amide bonds. The second kappa shape index (κ2) is 5.50. The Labute approximate surface area is 111 Å². The van der Waals surface area contributed by atoms with Gasteiger partial charge >= 0.3 is 0 Å². The maximum atomic E-state index is 12.4. The quantitative estimate of drug-likeness (QED) is 0.920. The van der Waals surface area contributed by atoms with Gasteiger partial charge in [-0.15, -0.1) is 11.3 Å². The zero-order valence-corrected chi connectivity index (χ0v) is 11.5. The van der Waals surface area contributed by atoms with Crippen LogP contribution in [0.3, 0.4) is 0 Å². The normalized spacial score (nSPS) is 12.6. The standard InChI is InChI=1S/C14H18N2OS/c1-10(7-15)8-16(2)14(17)12-9-18-13-6-4-3-5-11(12)13/h3-6,9-10H,7-8,15H2,1-2H3. The van der Waals surface area contributed by atoms with Crippen molar-refractivity contribution in [2.75, 3.05) is 20.1 Å². The molecule has 0 aliphatic heterocycles. The molecule has 0 fully saturated rings. The van der Waals surface area contributed by atoms with Crippen LogP contribution >= 0.6 is 11.3 Å². The van der Waals surface area contributed by atoms with Gasteiger partial charge in [0.1, 0.15) is 0 Å². The van der Waals surface area contributed by atoms with Gasteiger partial charge in [-0.05, 0) is 18.5 Å². The molecule has 0 spiro atoms. The Morgan fingerprint density at radius 3 is 2.89 bits per heavy atom. The van der Waals surface area contributed by atoms with Crippen LogP contribution in [0, 0.1) is 5.92 Å². The lowest BCUT2D eigenvalue weighted by Crippen LogP contribution is -2.33.